The first-order valence-electron chi connectivity index (χ1n) is 9.83. The molecule has 1 heterocycles. The van der Waals surface area contributed by atoms with Crippen molar-refractivity contribution in [1.82, 2.24) is 9.62 Å². The zero-order valence-corrected chi connectivity index (χ0v) is 16.9. The van der Waals surface area contributed by atoms with E-state index in [0.717, 1.165) is 29.5 Å². The van der Waals surface area contributed by atoms with E-state index in [9.17, 15) is 13.2 Å². The minimum absolute atomic E-state index is 0.134. The lowest BCUT2D eigenvalue weighted by atomic mass is 9.97. The van der Waals surface area contributed by atoms with E-state index in [2.05, 4.69) is 35.1 Å². The van der Waals surface area contributed by atoms with Gasteiger partial charge in [0.2, 0.25) is 15.9 Å². The maximum Gasteiger partial charge on any atom is 0.225 e. The van der Waals surface area contributed by atoms with Gasteiger partial charge in [0.1, 0.15) is 0 Å². The van der Waals surface area contributed by atoms with Crippen molar-refractivity contribution in [1.29, 1.82) is 0 Å². The number of benzene rings is 2. The van der Waals surface area contributed by atoms with Crippen molar-refractivity contribution < 1.29 is 13.2 Å². The highest BCUT2D eigenvalue weighted by molar-refractivity contribution is 7.88. The second-order valence-electron chi connectivity index (χ2n) is 7.93. The third-order valence-electron chi connectivity index (χ3n) is 5.60. The van der Waals surface area contributed by atoms with Crippen LogP contribution in [-0.2, 0) is 21.2 Å². The number of amides is 1. The topological polar surface area (TPSA) is 66.5 Å². The van der Waals surface area contributed by atoms with E-state index < -0.39 is 10.0 Å². The van der Waals surface area contributed by atoms with E-state index in [1.807, 2.05) is 29.2 Å². The predicted molar refractivity (Wildman–Crippen MR) is 110 cm³/mol. The molecule has 2 fully saturated rings. The molecule has 1 amide bonds. The van der Waals surface area contributed by atoms with Crippen LogP contribution < -0.4 is 4.72 Å². The van der Waals surface area contributed by atoms with Gasteiger partial charge in [0, 0.05) is 18.5 Å². The molecule has 0 radical (unpaired) electrons. The van der Waals surface area contributed by atoms with Crippen molar-refractivity contribution in [3.05, 3.63) is 60.2 Å². The molecule has 28 heavy (non-hydrogen) atoms. The Hall–Kier alpha value is -2.18. The average molecular weight is 399 g/mol. The number of likely N-dealkylation sites (tertiary alicyclic amines) is 1. The van der Waals surface area contributed by atoms with Crippen molar-refractivity contribution in [3.8, 4) is 11.1 Å². The summed E-state index contributed by atoms with van der Waals surface area (Å²) in [6, 6.07) is 18.1. The lowest BCUT2D eigenvalue weighted by molar-refractivity contribution is -0.133. The van der Waals surface area contributed by atoms with Crippen molar-refractivity contribution in [2.75, 3.05) is 12.8 Å². The van der Waals surface area contributed by atoms with Crippen LogP contribution in [0.4, 0.5) is 0 Å². The van der Waals surface area contributed by atoms with Crippen LogP contribution in [0.3, 0.4) is 0 Å². The third kappa shape index (κ3) is 4.45. The molecular formula is C22H26N2O3S. The Balaban J connectivity index is 1.59. The highest BCUT2D eigenvalue weighted by Crippen LogP contribution is 2.35. The summed E-state index contributed by atoms with van der Waals surface area (Å²) >= 11 is 0. The molecule has 0 aromatic heterocycles. The van der Waals surface area contributed by atoms with Gasteiger partial charge in [-0.25, -0.2) is 13.1 Å². The van der Waals surface area contributed by atoms with Crippen molar-refractivity contribution in [3.63, 3.8) is 0 Å². The molecule has 1 N–H and O–H groups in total. The normalized spacial score (nSPS) is 22.4. The Bertz CT molecular complexity index is 955. The highest BCUT2D eigenvalue weighted by atomic mass is 32.2. The number of hydrogen-bond donors (Lipinski definition) is 1. The number of carbonyl (C=O) groups excluding carboxylic acids is 1. The monoisotopic (exact) mass is 398 g/mol. The summed E-state index contributed by atoms with van der Waals surface area (Å²) in [5, 5.41) is 0. The van der Waals surface area contributed by atoms with Crippen LogP contribution in [0, 0.1) is 5.92 Å². The van der Waals surface area contributed by atoms with Crippen LogP contribution >= 0.6 is 0 Å². The molecule has 0 unspecified atom stereocenters. The van der Waals surface area contributed by atoms with E-state index in [1.54, 1.807) is 0 Å². The summed E-state index contributed by atoms with van der Waals surface area (Å²) in [4.78, 5) is 14.7. The predicted octanol–water partition coefficient (Wildman–Crippen LogP) is 2.82. The Morgan fingerprint density at radius 2 is 1.75 bits per heavy atom. The quantitative estimate of drug-likeness (QED) is 0.814. The lowest BCUT2D eigenvalue weighted by Gasteiger charge is -2.29. The molecular weight excluding hydrogens is 372 g/mol. The molecule has 4 rings (SSSR count). The van der Waals surface area contributed by atoms with Crippen LogP contribution in [0.15, 0.2) is 54.6 Å². The van der Waals surface area contributed by atoms with Gasteiger partial charge in [-0.15, -0.1) is 0 Å². The minimum Gasteiger partial charge on any atom is -0.337 e. The first kappa shape index (κ1) is 19.2. The standard InChI is InChI=1S/C22H26N2O3S/c1-28(26,27)23-20-12-13-24(22(25)18-10-11-18)21(20)15-16-6-5-9-19(14-16)17-7-3-2-4-8-17/h2-9,14,18,20-21,23H,10-13,15H2,1H3/t20-,21-/m1/s1. The van der Waals surface area contributed by atoms with E-state index in [1.165, 1.54) is 6.26 Å². The van der Waals surface area contributed by atoms with Gasteiger partial charge >= 0.3 is 0 Å². The fourth-order valence-electron chi connectivity index (χ4n) is 4.11. The van der Waals surface area contributed by atoms with Crippen molar-refractivity contribution >= 4 is 15.9 Å². The SMILES string of the molecule is CS(=O)(=O)N[C@@H]1CCN(C(=O)C2CC2)[C@@H]1Cc1cccc(-c2ccccc2)c1. The number of rotatable bonds is 6. The van der Waals surface area contributed by atoms with Gasteiger partial charge in [0.25, 0.3) is 0 Å². The van der Waals surface area contributed by atoms with Crippen LogP contribution in [-0.4, -0.2) is 44.1 Å². The maximum atomic E-state index is 12.8. The molecule has 1 saturated carbocycles. The summed E-state index contributed by atoms with van der Waals surface area (Å²) < 4.78 is 26.4. The Morgan fingerprint density at radius 3 is 2.43 bits per heavy atom. The van der Waals surface area contributed by atoms with Crippen LogP contribution in [0.2, 0.25) is 0 Å². The molecule has 2 aromatic carbocycles. The number of hydrogen-bond acceptors (Lipinski definition) is 3. The smallest absolute Gasteiger partial charge is 0.225 e. The Morgan fingerprint density at radius 1 is 1.04 bits per heavy atom. The van der Waals surface area contributed by atoms with Crippen LogP contribution in [0.5, 0.6) is 0 Å². The minimum atomic E-state index is -3.33. The second-order valence-corrected chi connectivity index (χ2v) is 9.71. The van der Waals surface area contributed by atoms with Gasteiger partial charge in [-0.05, 0) is 42.4 Å². The molecule has 2 atom stereocenters. The first-order chi connectivity index (χ1) is 13.4. The summed E-state index contributed by atoms with van der Waals surface area (Å²) in [5.74, 6) is 0.317. The van der Waals surface area contributed by atoms with Crippen molar-refractivity contribution in [2.45, 2.75) is 37.8 Å². The number of sulfonamides is 1. The van der Waals surface area contributed by atoms with Gasteiger partial charge in [0.15, 0.2) is 0 Å². The fraction of sp³-hybridized carbons (Fsp3) is 0.409. The molecule has 0 spiro atoms. The van der Waals surface area contributed by atoms with Gasteiger partial charge in [0.05, 0.1) is 12.3 Å². The zero-order valence-electron chi connectivity index (χ0n) is 16.0. The zero-order chi connectivity index (χ0) is 19.7. The van der Waals surface area contributed by atoms with Crippen LogP contribution in [0.1, 0.15) is 24.8 Å². The molecule has 5 nitrogen and oxygen atoms in total. The highest BCUT2D eigenvalue weighted by Gasteiger charge is 2.43. The van der Waals surface area contributed by atoms with Crippen molar-refractivity contribution in [2.24, 2.45) is 5.92 Å². The lowest BCUT2D eigenvalue weighted by Crippen LogP contribution is -2.48. The van der Waals surface area contributed by atoms with Crippen LogP contribution in [0.25, 0.3) is 11.1 Å². The second kappa shape index (κ2) is 7.68. The number of nitrogens with one attached hydrogen (secondary N) is 1. The number of carbonyl (C=O) groups is 1. The molecule has 148 valence electrons. The maximum absolute atomic E-state index is 12.8. The average Bonchev–Trinajstić information content (AvgIpc) is 3.45. The molecule has 6 heteroatoms. The molecule has 1 aliphatic heterocycles. The summed E-state index contributed by atoms with van der Waals surface area (Å²) in [5.41, 5.74) is 3.39. The third-order valence-corrected chi connectivity index (χ3v) is 6.33. The molecule has 1 saturated heterocycles. The van der Waals surface area contributed by atoms with E-state index in [0.29, 0.717) is 19.4 Å². The summed E-state index contributed by atoms with van der Waals surface area (Å²) in [7, 11) is -3.33. The van der Waals surface area contributed by atoms with Gasteiger partial charge in [-0.2, -0.15) is 0 Å². The summed E-state index contributed by atoms with van der Waals surface area (Å²) in [6.45, 7) is 0.617. The Labute approximate surface area is 166 Å². The van der Waals surface area contributed by atoms with Gasteiger partial charge < -0.3 is 4.90 Å². The van der Waals surface area contributed by atoms with E-state index >= 15 is 0 Å². The summed E-state index contributed by atoms with van der Waals surface area (Å²) in [6.07, 6.45) is 4.40. The first-order valence-corrected chi connectivity index (χ1v) is 11.7. The Kier molecular flexibility index (Phi) is 5.25. The molecule has 0 bridgehead atoms. The fourth-order valence-corrected chi connectivity index (χ4v) is 4.93. The molecule has 1 aliphatic carbocycles. The molecule has 2 aliphatic rings. The van der Waals surface area contributed by atoms with E-state index in [4.69, 9.17) is 0 Å². The largest absolute Gasteiger partial charge is 0.337 e. The molecule has 2 aromatic rings. The number of nitrogens with zero attached hydrogens (tertiary/aromatic N) is 1. The van der Waals surface area contributed by atoms with Gasteiger partial charge in [-0.3, -0.25) is 4.79 Å². The van der Waals surface area contributed by atoms with E-state index in [-0.39, 0.29) is 23.9 Å². The van der Waals surface area contributed by atoms with Gasteiger partial charge in [-0.1, -0.05) is 54.6 Å².